The van der Waals surface area contributed by atoms with E-state index in [4.69, 9.17) is 10.8 Å². The second-order valence-electron chi connectivity index (χ2n) is 5.91. The molecule has 0 spiro atoms. The molecule has 0 saturated heterocycles. The summed E-state index contributed by atoms with van der Waals surface area (Å²) >= 11 is 0. The number of nitrogens with two attached hydrogens (primary N) is 1. The Morgan fingerprint density at radius 2 is 1.89 bits per heavy atom. The van der Waals surface area contributed by atoms with E-state index < -0.39 is 15.8 Å². The third-order valence-corrected chi connectivity index (χ3v) is 5.33. The molecule has 4 N–H and O–H groups in total. The van der Waals surface area contributed by atoms with Crippen molar-refractivity contribution in [1.29, 1.82) is 0 Å². The highest BCUT2D eigenvalue weighted by Crippen LogP contribution is 2.31. The fraction of sp³-hybridized carbons (Fsp3) is 0.0526. The van der Waals surface area contributed by atoms with Gasteiger partial charge in [-0.1, -0.05) is 30.8 Å². The molecule has 28 heavy (non-hydrogen) atoms. The first-order chi connectivity index (χ1) is 13.3. The van der Waals surface area contributed by atoms with Gasteiger partial charge >= 0.3 is 0 Å². The van der Waals surface area contributed by atoms with Crippen molar-refractivity contribution < 1.29 is 17.9 Å². The van der Waals surface area contributed by atoms with Crippen LogP contribution in [0.5, 0.6) is 0 Å². The molecule has 0 unspecified atom stereocenters. The van der Waals surface area contributed by atoms with Gasteiger partial charge in [-0.05, 0) is 23.8 Å². The Hall–Kier alpha value is -3.30. The molecule has 0 fully saturated rings. The van der Waals surface area contributed by atoms with Gasteiger partial charge in [0, 0.05) is 11.1 Å². The predicted octanol–water partition coefficient (Wildman–Crippen LogP) is 2.88. The van der Waals surface area contributed by atoms with Crippen molar-refractivity contribution in [2.45, 2.75) is 4.90 Å². The molecular weight excluding hydrogens is 383 g/mol. The number of rotatable bonds is 6. The number of halogens is 1. The number of benzene rings is 2. The van der Waals surface area contributed by atoms with Crippen molar-refractivity contribution >= 4 is 15.8 Å². The molecule has 0 radical (unpaired) electrons. The van der Waals surface area contributed by atoms with Gasteiger partial charge in [-0.25, -0.2) is 22.5 Å². The molecule has 0 aliphatic carbocycles. The second kappa shape index (κ2) is 7.75. The van der Waals surface area contributed by atoms with E-state index in [1.54, 1.807) is 24.3 Å². The third kappa shape index (κ3) is 4.16. The Kier molecular flexibility index (Phi) is 5.39. The highest BCUT2D eigenvalue weighted by Gasteiger charge is 2.20. The van der Waals surface area contributed by atoms with E-state index in [0.717, 1.165) is 0 Å². The minimum absolute atomic E-state index is 0.0457. The maximum Gasteiger partial charge on any atom is 0.241 e. The first-order valence-electron chi connectivity index (χ1n) is 8.11. The molecule has 0 aliphatic rings. The summed E-state index contributed by atoms with van der Waals surface area (Å²) in [6.07, 6.45) is 2.68. The van der Waals surface area contributed by atoms with Gasteiger partial charge in [0.15, 0.2) is 0 Å². The largest absolute Gasteiger partial charge is 0.512 e. The maximum atomic E-state index is 14.7. The van der Waals surface area contributed by atoms with Crippen LogP contribution in [0.25, 0.3) is 22.4 Å². The first-order valence-corrected chi connectivity index (χ1v) is 9.59. The van der Waals surface area contributed by atoms with Crippen molar-refractivity contribution in [3.63, 3.8) is 0 Å². The molecule has 9 heteroatoms. The van der Waals surface area contributed by atoms with Crippen LogP contribution < -0.4 is 10.5 Å². The zero-order chi connectivity index (χ0) is 20.3. The number of hydrogen-bond acceptors (Lipinski definition) is 6. The zero-order valence-electron chi connectivity index (χ0n) is 14.6. The van der Waals surface area contributed by atoms with Gasteiger partial charge in [-0.3, -0.25) is 4.98 Å². The Morgan fingerprint density at radius 3 is 2.54 bits per heavy atom. The number of nitrogens with zero attached hydrogens (tertiary/aromatic N) is 2. The van der Waals surface area contributed by atoms with Gasteiger partial charge in [0.05, 0.1) is 35.3 Å². The zero-order valence-corrected chi connectivity index (χ0v) is 15.4. The Morgan fingerprint density at radius 1 is 1.14 bits per heavy atom. The van der Waals surface area contributed by atoms with Crippen LogP contribution in [0, 0.1) is 5.82 Å². The quantitative estimate of drug-likeness (QED) is 0.548. The molecular formula is C19H17FN4O3S. The average Bonchev–Trinajstić information content (AvgIpc) is 2.67. The Balaban J connectivity index is 2.02. The molecule has 0 bridgehead atoms. The predicted molar refractivity (Wildman–Crippen MR) is 104 cm³/mol. The van der Waals surface area contributed by atoms with Crippen LogP contribution in [-0.4, -0.2) is 30.0 Å². The minimum Gasteiger partial charge on any atom is -0.512 e. The molecule has 2 aromatic carbocycles. The van der Waals surface area contributed by atoms with Crippen LogP contribution in [0.3, 0.4) is 0 Å². The van der Waals surface area contributed by atoms with E-state index in [0.29, 0.717) is 16.8 Å². The molecule has 3 rings (SSSR count). The molecule has 0 atom stereocenters. The molecule has 3 aromatic rings. The number of hydrogen-bond donors (Lipinski definition) is 3. The van der Waals surface area contributed by atoms with E-state index in [1.807, 2.05) is 0 Å². The van der Waals surface area contributed by atoms with Crippen molar-refractivity contribution in [2.24, 2.45) is 0 Å². The molecule has 0 amide bonds. The van der Waals surface area contributed by atoms with Gasteiger partial charge in [-0.15, -0.1) is 0 Å². The monoisotopic (exact) mass is 400 g/mol. The molecule has 7 nitrogen and oxygen atoms in total. The normalized spacial score (nSPS) is 11.3. The summed E-state index contributed by atoms with van der Waals surface area (Å²) in [5.74, 6) is -0.681. The second-order valence-corrected chi connectivity index (χ2v) is 7.64. The fourth-order valence-corrected chi connectivity index (χ4v) is 3.81. The number of anilines is 1. The van der Waals surface area contributed by atoms with Gasteiger partial charge in [0.25, 0.3) is 0 Å². The lowest BCUT2D eigenvalue weighted by Gasteiger charge is -2.12. The first kappa shape index (κ1) is 19.5. The number of nitrogens with one attached hydrogen (secondary N) is 1. The van der Waals surface area contributed by atoms with E-state index in [9.17, 15) is 12.8 Å². The van der Waals surface area contributed by atoms with E-state index >= 15 is 0 Å². The Bertz CT molecular complexity index is 1130. The average molecular weight is 400 g/mol. The maximum absolute atomic E-state index is 14.7. The summed E-state index contributed by atoms with van der Waals surface area (Å²) in [5.41, 5.74) is 6.70. The van der Waals surface area contributed by atoms with E-state index in [2.05, 4.69) is 21.3 Å². The summed E-state index contributed by atoms with van der Waals surface area (Å²) in [6.45, 7) is 2.93. The lowest BCUT2D eigenvalue weighted by Crippen LogP contribution is -2.26. The number of aliphatic hydroxyl groups excluding tert-OH is 1. The lowest BCUT2D eigenvalue weighted by atomic mass is 10.0. The number of sulfonamides is 1. The smallest absolute Gasteiger partial charge is 0.241 e. The summed E-state index contributed by atoms with van der Waals surface area (Å²) < 4.78 is 42.0. The van der Waals surface area contributed by atoms with Crippen LogP contribution in [0.1, 0.15) is 0 Å². The molecule has 1 aromatic heterocycles. The summed E-state index contributed by atoms with van der Waals surface area (Å²) in [6, 6.07) is 10.5. The lowest BCUT2D eigenvalue weighted by molar-refractivity contribution is 0.400. The topological polar surface area (TPSA) is 118 Å². The SMILES string of the molecule is C=C(O)CNS(=O)(=O)c1ccccc1-c1ccc(-c2cnc(N)cn2)c(F)c1. The highest BCUT2D eigenvalue weighted by molar-refractivity contribution is 7.89. The summed E-state index contributed by atoms with van der Waals surface area (Å²) in [7, 11) is -3.94. The van der Waals surface area contributed by atoms with Crippen LogP contribution in [0.4, 0.5) is 10.2 Å². The van der Waals surface area contributed by atoms with Crippen molar-refractivity contribution in [3.8, 4) is 22.4 Å². The third-order valence-electron chi connectivity index (χ3n) is 3.87. The van der Waals surface area contributed by atoms with Gasteiger partial charge < -0.3 is 10.8 Å². The number of aromatic nitrogens is 2. The highest BCUT2D eigenvalue weighted by atomic mass is 32.2. The van der Waals surface area contributed by atoms with Crippen LogP contribution in [0.15, 0.2) is 72.1 Å². The Labute approximate surface area is 161 Å². The number of nitrogen functional groups attached to an aromatic ring is 1. The van der Waals surface area contributed by atoms with Crippen molar-refractivity contribution in [2.75, 3.05) is 12.3 Å². The van der Waals surface area contributed by atoms with Crippen LogP contribution in [0.2, 0.25) is 0 Å². The molecule has 0 aliphatic heterocycles. The minimum atomic E-state index is -3.94. The summed E-state index contributed by atoms with van der Waals surface area (Å²) in [4.78, 5) is 7.89. The standard InChI is InChI=1S/C19H17FN4O3S/c1-12(25)9-24-28(26,27)18-5-3-2-4-14(18)13-6-7-15(16(20)8-13)17-10-23-19(21)11-22-17/h2-8,10-11,24-25H,1,9H2,(H2,21,23). The molecule has 144 valence electrons. The van der Waals surface area contributed by atoms with Gasteiger partial charge in [0.2, 0.25) is 10.0 Å². The molecule has 1 heterocycles. The van der Waals surface area contributed by atoms with Crippen molar-refractivity contribution in [1.82, 2.24) is 14.7 Å². The van der Waals surface area contributed by atoms with E-state index in [-0.39, 0.29) is 28.6 Å². The fourth-order valence-electron chi connectivity index (χ4n) is 2.56. The number of aliphatic hydroxyl groups is 1. The summed E-state index contributed by atoms with van der Waals surface area (Å²) in [5, 5.41) is 9.15. The van der Waals surface area contributed by atoms with Gasteiger partial charge in [0.1, 0.15) is 11.6 Å². The van der Waals surface area contributed by atoms with Crippen molar-refractivity contribution in [3.05, 3.63) is 73.0 Å². The van der Waals surface area contributed by atoms with Crippen LogP contribution >= 0.6 is 0 Å². The molecule has 0 saturated carbocycles. The van der Waals surface area contributed by atoms with Gasteiger partial charge in [-0.2, -0.15) is 0 Å². The van der Waals surface area contributed by atoms with E-state index in [1.165, 1.54) is 30.6 Å². The van der Waals surface area contributed by atoms with Crippen LogP contribution in [-0.2, 0) is 10.0 Å².